The predicted molar refractivity (Wildman–Crippen MR) is 35.3 cm³/mol. The third kappa shape index (κ3) is 3.41. The molecule has 4 N–H and O–H groups in total. The maximum absolute atomic E-state index is 8.55. The van der Waals surface area contributed by atoms with Crippen LogP contribution in [0, 0.1) is 0 Å². The molecule has 0 heterocycles. The maximum Gasteiger partial charge on any atom is 0.161 e. The Labute approximate surface area is 77.2 Å². The van der Waals surface area contributed by atoms with Crippen LogP contribution in [0.5, 0.6) is 0 Å². The SMILES string of the molecule is OC[P+](CO)(CO)CO.[I-]. The van der Waals surface area contributed by atoms with E-state index in [1.54, 1.807) is 0 Å². The first kappa shape index (κ1) is 13.6. The van der Waals surface area contributed by atoms with E-state index in [0.29, 0.717) is 0 Å². The van der Waals surface area contributed by atoms with Crippen molar-refractivity contribution in [3.05, 3.63) is 0 Å². The van der Waals surface area contributed by atoms with Crippen molar-refractivity contribution in [2.24, 2.45) is 0 Å². The number of aliphatic hydroxyl groups excluding tert-OH is 4. The van der Waals surface area contributed by atoms with E-state index in [-0.39, 0.29) is 49.4 Å². The van der Waals surface area contributed by atoms with E-state index in [1.165, 1.54) is 0 Å². The summed E-state index contributed by atoms with van der Waals surface area (Å²) in [5.74, 6) is 0. The highest BCUT2D eigenvalue weighted by atomic mass is 127. The molecule has 0 radical (unpaired) electrons. The summed E-state index contributed by atoms with van der Waals surface area (Å²) in [6, 6.07) is 0. The minimum absolute atomic E-state index is 0. The molecule has 0 unspecified atom stereocenters. The van der Waals surface area contributed by atoms with Crippen LogP contribution in [0.2, 0.25) is 0 Å². The van der Waals surface area contributed by atoms with Crippen molar-refractivity contribution in [2.75, 3.05) is 25.4 Å². The van der Waals surface area contributed by atoms with Crippen LogP contribution < -0.4 is 24.0 Å². The summed E-state index contributed by atoms with van der Waals surface area (Å²) < 4.78 is 0. The van der Waals surface area contributed by atoms with Crippen molar-refractivity contribution in [3.63, 3.8) is 0 Å². The Kier molecular flexibility index (Phi) is 9.09. The molecule has 4 nitrogen and oxygen atoms in total. The zero-order valence-corrected chi connectivity index (χ0v) is 8.49. The molecule has 0 amide bonds. The molecule has 0 aromatic rings. The first-order chi connectivity index (χ1) is 4.24. The molecule has 0 fully saturated rings. The molecule has 0 aromatic heterocycles. The fourth-order valence-corrected chi connectivity index (χ4v) is 0.805. The van der Waals surface area contributed by atoms with Gasteiger partial charge in [-0.15, -0.1) is 0 Å². The Hall–Kier alpha value is 1.00. The molecule has 6 heteroatoms. The number of aliphatic hydroxyl groups is 4. The van der Waals surface area contributed by atoms with Gasteiger partial charge in [0.25, 0.3) is 0 Å². The van der Waals surface area contributed by atoms with E-state index in [2.05, 4.69) is 0 Å². The lowest BCUT2D eigenvalue weighted by atomic mass is 11.6. The summed E-state index contributed by atoms with van der Waals surface area (Å²) in [5, 5.41) is 34.2. The van der Waals surface area contributed by atoms with Crippen LogP contribution in [-0.2, 0) is 0 Å². The van der Waals surface area contributed by atoms with Gasteiger partial charge in [-0.1, -0.05) is 0 Å². The number of hydrogen-bond acceptors (Lipinski definition) is 4. The highest BCUT2D eigenvalue weighted by Crippen LogP contribution is 2.54. The van der Waals surface area contributed by atoms with Gasteiger partial charge in [0, 0.05) is 0 Å². The standard InChI is InChI=1S/C4H12O4P.HI/c5-1-9(2-6,3-7)4-8;/h5-8H,1-4H2;1H/q+1;/p-1. The Morgan fingerprint density at radius 2 is 0.900 bits per heavy atom. The van der Waals surface area contributed by atoms with Crippen molar-refractivity contribution >= 4 is 7.26 Å². The van der Waals surface area contributed by atoms with Gasteiger partial charge >= 0.3 is 0 Å². The molecule has 64 valence electrons. The Balaban J connectivity index is 0. The summed E-state index contributed by atoms with van der Waals surface area (Å²) in [5.41, 5.74) is 0. The Morgan fingerprint density at radius 3 is 0.900 bits per heavy atom. The van der Waals surface area contributed by atoms with Gasteiger partial charge in [0.1, 0.15) is 7.26 Å². The summed E-state index contributed by atoms with van der Waals surface area (Å²) >= 11 is 0. The number of halogens is 1. The predicted octanol–water partition coefficient (Wildman–Crippen LogP) is -4.19. The lowest BCUT2D eigenvalue weighted by molar-refractivity contribution is -0.00000551. The van der Waals surface area contributed by atoms with Gasteiger partial charge in [0.15, 0.2) is 25.4 Å². The van der Waals surface area contributed by atoms with E-state index in [0.717, 1.165) is 0 Å². The molecule has 0 saturated carbocycles. The van der Waals surface area contributed by atoms with Crippen LogP contribution in [0.15, 0.2) is 0 Å². The molecule has 0 saturated heterocycles. The molecule has 0 spiro atoms. The first-order valence-corrected chi connectivity index (χ1v) is 5.06. The monoisotopic (exact) mass is 282 g/mol. The fraction of sp³-hybridized carbons (Fsp3) is 1.00. The van der Waals surface area contributed by atoms with Crippen LogP contribution >= 0.6 is 7.26 Å². The summed E-state index contributed by atoms with van der Waals surface area (Å²) in [6.45, 7) is 0. The van der Waals surface area contributed by atoms with Crippen molar-refractivity contribution in [1.29, 1.82) is 0 Å². The van der Waals surface area contributed by atoms with Gasteiger partial charge in [-0.3, -0.25) is 0 Å². The molecule has 0 atom stereocenters. The number of rotatable bonds is 4. The highest BCUT2D eigenvalue weighted by Gasteiger charge is 2.34. The second-order valence-corrected chi connectivity index (χ2v) is 5.72. The topological polar surface area (TPSA) is 80.9 Å². The fourth-order valence-electron chi connectivity index (χ4n) is 0.268. The number of hydrogen-bond donors (Lipinski definition) is 4. The molecule has 10 heavy (non-hydrogen) atoms. The average molecular weight is 282 g/mol. The van der Waals surface area contributed by atoms with Crippen molar-refractivity contribution in [3.8, 4) is 0 Å². The van der Waals surface area contributed by atoms with E-state index < -0.39 is 7.26 Å². The first-order valence-electron chi connectivity index (χ1n) is 2.53. The zero-order chi connectivity index (χ0) is 7.33. The van der Waals surface area contributed by atoms with Gasteiger partial charge in [-0.25, -0.2) is 0 Å². The Morgan fingerprint density at radius 1 is 0.700 bits per heavy atom. The molecular formula is C4H12IO4P. The van der Waals surface area contributed by atoms with Gasteiger partial charge < -0.3 is 44.4 Å². The normalized spacial score (nSPS) is 10.8. The quantitative estimate of drug-likeness (QED) is 0.311. The molecule has 0 aliphatic heterocycles. The lowest BCUT2D eigenvalue weighted by Gasteiger charge is -2.15. The van der Waals surface area contributed by atoms with Crippen LogP contribution in [0.1, 0.15) is 0 Å². The minimum atomic E-state index is -2.20. The maximum atomic E-state index is 8.55. The van der Waals surface area contributed by atoms with Crippen LogP contribution in [-0.4, -0.2) is 45.8 Å². The molecule has 0 aliphatic rings. The van der Waals surface area contributed by atoms with Crippen molar-refractivity contribution < 1.29 is 44.4 Å². The largest absolute Gasteiger partial charge is 1.00 e. The van der Waals surface area contributed by atoms with Crippen LogP contribution in [0.3, 0.4) is 0 Å². The van der Waals surface area contributed by atoms with Crippen LogP contribution in [0.25, 0.3) is 0 Å². The van der Waals surface area contributed by atoms with Crippen molar-refractivity contribution in [2.45, 2.75) is 0 Å². The molecular weight excluding hydrogens is 270 g/mol. The third-order valence-corrected chi connectivity index (χ3v) is 3.60. The molecule has 0 bridgehead atoms. The van der Waals surface area contributed by atoms with Crippen molar-refractivity contribution in [1.82, 2.24) is 0 Å². The third-order valence-electron chi connectivity index (χ3n) is 1.20. The van der Waals surface area contributed by atoms with E-state index in [4.69, 9.17) is 20.4 Å². The average Bonchev–Trinajstić information content (AvgIpc) is 1.95. The van der Waals surface area contributed by atoms with Gasteiger partial charge in [0.2, 0.25) is 0 Å². The van der Waals surface area contributed by atoms with Crippen LogP contribution in [0.4, 0.5) is 0 Å². The second kappa shape index (κ2) is 6.69. The van der Waals surface area contributed by atoms with Gasteiger partial charge in [-0.2, -0.15) is 0 Å². The second-order valence-electron chi connectivity index (χ2n) is 1.91. The smallest absolute Gasteiger partial charge is 0.161 e. The summed E-state index contributed by atoms with van der Waals surface area (Å²) in [6.07, 6.45) is -1.18. The highest BCUT2D eigenvalue weighted by molar-refractivity contribution is 7.75. The van der Waals surface area contributed by atoms with Gasteiger partial charge in [-0.05, 0) is 0 Å². The molecule has 0 aliphatic carbocycles. The molecule has 0 aromatic carbocycles. The Bertz CT molecular complexity index is 60.1. The molecule has 0 rings (SSSR count). The summed E-state index contributed by atoms with van der Waals surface area (Å²) in [7, 11) is -2.20. The van der Waals surface area contributed by atoms with E-state index >= 15 is 0 Å². The van der Waals surface area contributed by atoms with Gasteiger partial charge in [0.05, 0.1) is 0 Å². The van der Waals surface area contributed by atoms with E-state index in [1.807, 2.05) is 0 Å². The zero-order valence-electron chi connectivity index (χ0n) is 5.44. The minimum Gasteiger partial charge on any atom is -1.00 e. The lowest BCUT2D eigenvalue weighted by Crippen LogP contribution is -3.00. The van der Waals surface area contributed by atoms with E-state index in [9.17, 15) is 0 Å². The summed E-state index contributed by atoms with van der Waals surface area (Å²) in [4.78, 5) is 0.